The maximum atomic E-state index is 14.9. The van der Waals surface area contributed by atoms with Gasteiger partial charge in [0.05, 0.1) is 36.6 Å². The van der Waals surface area contributed by atoms with Crippen LogP contribution in [-0.4, -0.2) is 51.2 Å². The van der Waals surface area contributed by atoms with Crippen molar-refractivity contribution in [1.82, 2.24) is 20.4 Å². The van der Waals surface area contributed by atoms with Gasteiger partial charge in [0.2, 0.25) is 5.91 Å². The fourth-order valence-electron chi connectivity index (χ4n) is 3.69. The Balaban J connectivity index is 1.92. The van der Waals surface area contributed by atoms with Crippen LogP contribution in [0.15, 0.2) is 49.0 Å². The van der Waals surface area contributed by atoms with Crippen LogP contribution in [0.3, 0.4) is 0 Å². The van der Waals surface area contributed by atoms with E-state index in [0.717, 1.165) is 5.56 Å². The Morgan fingerprint density at radius 3 is 2.54 bits per heavy atom. The van der Waals surface area contributed by atoms with E-state index in [1.807, 2.05) is 20.8 Å². The Hall–Kier alpha value is -3.74. The number of aliphatic hydroxyl groups excluding tert-OH is 2. The first-order valence-corrected chi connectivity index (χ1v) is 11.2. The number of nitriles is 1. The molecule has 184 valence electrons. The Morgan fingerprint density at radius 2 is 1.94 bits per heavy atom. The number of halogens is 1. The van der Waals surface area contributed by atoms with Gasteiger partial charge < -0.3 is 20.8 Å². The summed E-state index contributed by atoms with van der Waals surface area (Å²) < 4.78 is 16.4. The molecule has 4 N–H and O–H groups in total. The quantitative estimate of drug-likeness (QED) is 0.374. The molecule has 0 fully saturated rings. The third-order valence-corrected chi connectivity index (χ3v) is 5.59. The van der Waals surface area contributed by atoms with E-state index in [9.17, 15) is 14.3 Å². The number of nitrogens with zero attached hydrogens (tertiary/aromatic N) is 3. The molecule has 0 saturated carbocycles. The maximum absolute atomic E-state index is 14.9. The largest absolute Gasteiger partial charge is 0.394 e. The molecule has 0 unspecified atom stereocenters. The molecule has 9 heteroatoms. The van der Waals surface area contributed by atoms with E-state index in [4.69, 9.17) is 10.4 Å². The molecule has 0 aliphatic rings. The predicted octanol–water partition coefficient (Wildman–Crippen LogP) is 2.54. The molecule has 1 amide bonds. The SMILES string of the molecule is C=C(N[C@H](C(=O)NC[C@@H](O)CO)C(C)(C)C)c1nn(Cc2ccc(C#N)cc2)c2c(F)cccc12. The van der Waals surface area contributed by atoms with Crippen LogP contribution in [0.1, 0.15) is 37.6 Å². The normalized spacial score (nSPS) is 13.2. The number of para-hydroxylation sites is 1. The average molecular weight is 480 g/mol. The second-order valence-electron chi connectivity index (χ2n) is 9.45. The molecular formula is C26H30FN5O3. The summed E-state index contributed by atoms with van der Waals surface area (Å²) in [7, 11) is 0. The zero-order valence-electron chi connectivity index (χ0n) is 20.0. The van der Waals surface area contributed by atoms with Crippen molar-refractivity contribution in [3.8, 4) is 6.07 Å². The summed E-state index contributed by atoms with van der Waals surface area (Å²) in [4.78, 5) is 12.9. The fourth-order valence-corrected chi connectivity index (χ4v) is 3.69. The van der Waals surface area contributed by atoms with Crippen molar-refractivity contribution >= 4 is 22.5 Å². The Bertz CT molecular complexity index is 1250. The minimum Gasteiger partial charge on any atom is -0.394 e. The highest BCUT2D eigenvalue weighted by Crippen LogP contribution is 2.28. The van der Waals surface area contributed by atoms with Crippen LogP contribution in [0.5, 0.6) is 0 Å². The van der Waals surface area contributed by atoms with Crippen molar-refractivity contribution in [3.05, 3.63) is 71.7 Å². The molecule has 2 aromatic carbocycles. The van der Waals surface area contributed by atoms with Gasteiger partial charge in [0, 0.05) is 11.9 Å². The first kappa shape index (κ1) is 25.9. The lowest BCUT2D eigenvalue weighted by Gasteiger charge is -2.31. The van der Waals surface area contributed by atoms with Crippen molar-refractivity contribution in [2.75, 3.05) is 13.2 Å². The lowest BCUT2D eigenvalue weighted by atomic mass is 9.85. The molecule has 0 spiro atoms. The molecule has 0 aliphatic carbocycles. The van der Waals surface area contributed by atoms with Crippen molar-refractivity contribution in [3.63, 3.8) is 0 Å². The molecule has 2 atom stereocenters. The molecule has 0 radical (unpaired) electrons. The van der Waals surface area contributed by atoms with E-state index >= 15 is 0 Å². The molecule has 0 saturated heterocycles. The van der Waals surface area contributed by atoms with Gasteiger partial charge in [0.25, 0.3) is 0 Å². The molecule has 1 heterocycles. The predicted molar refractivity (Wildman–Crippen MR) is 131 cm³/mol. The summed E-state index contributed by atoms with van der Waals surface area (Å²) in [5.74, 6) is -0.815. The van der Waals surface area contributed by atoms with Crippen LogP contribution in [0.2, 0.25) is 0 Å². The van der Waals surface area contributed by atoms with Crippen molar-refractivity contribution in [2.24, 2.45) is 5.41 Å². The second kappa shape index (κ2) is 10.7. The lowest BCUT2D eigenvalue weighted by Crippen LogP contribution is -2.52. The van der Waals surface area contributed by atoms with Crippen molar-refractivity contribution in [1.29, 1.82) is 5.26 Å². The van der Waals surface area contributed by atoms with Gasteiger partial charge in [-0.05, 0) is 29.2 Å². The summed E-state index contributed by atoms with van der Waals surface area (Å²) in [6, 6.07) is 13.0. The topological polar surface area (TPSA) is 123 Å². The number of fused-ring (bicyclic) bond motifs is 1. The molecule has 1 aromatic heterocycles. The summed E-state index contributed by atoms with van der Waals surface area (Å²) in [6.45, 7) is 9.43. The zero-order chi connectivity index (χ0) is 25.8. The number of carbonyl (C=O) groups is 1. The highest BCUT2D eigenvalue weighted by Gasteiger charge is 2.32. The summed E-state index contributed by atoms with van der Waals surface area (Å²) in [5, 5.41) is 38.5. The van der Waals surface area contributed by atoms with Gasteiger partial charge in [-0.15, -0.1) is 0 Å². The highest BCUT2D eigenvalue weighted by molar-refractivity contribution is 5.92. The number of aromatic nitrogens is 2. The van der Waals surface area contributed by atoms with Gasteiger partial charge in [0.15, 0.2) is 0 Å². The zero-order valence-corrected chi connectivity index (χ0v) is 20.0. The number of amides is 1. The highest BCUT2D eigenvalue weighted by atomic mass is 19.1. The van der Waals surface area contributed by atoms with Gasteiger partial charge in [-0.1, -0.05) is 51.6 Å². The standard InChI is InChI=1S/C26H30FN5O3/c1-16(30-24(26(2,3)4)25(35)29-13-19(34)15-33)22-20-6-5-7-21(27)23(20)32(31-22)14-18-10-8-17(12-28)9-11-18/h5-11,19,24,30,33-34H,1,13-15H2,2-4H3,(H,29,35)/t19-,24-/m1/s1. The van der Waals surface area contributed by atoms with Crippen LogP contribution in [0.4, 0.5) is 4.39 Å². The maximum Gasteiger partial charge on any atom is 0.243 e. The van der Waals surface area contributed by atoms with E-state index < -0.39 is 30.0 Å². The summed E-state index contributed by atoms with van der Waals surface area (Å²) in [6.07, 6.45) is -1.06. The number of aliphatic hydroxyl groups is 2. The summed E-state index contributed by atoms with van der Waals surface area (Å²) >= 11 is 0. The first-order valence-electron chi connectivity index (χ1n) is 11.2. The van der Waals surface area contributed by atoms with Crippen LogP contribution in [-0.2, 0) is 11.3 Å². The molecule has 35 heavy (non-hydrogen) atoms. The Kier molecular flexibility index (Phi) is 7.89. The van der Waals surface area contributed by atoms with E-state index in [-0.39, 0.29) is 19.0 Å². The number of hydrogen-bond donors (Lipinski definition) is 4. The van der Waals surface area contributed by atoms with Gasteiger partial charge in [0.1, 0.15) is 23.1 Å². The van der Waals surface area contributed by atoms with Gasteiger partial charge in [-0.3, -0.25) is 9.48 Å². The van der Waals surface area contributed by atoms with Crippen LogP contribution >= 0.6 is 0 Å². The Morgan fingerprint density at radius 1 is 1.26 bits per heavy atom. The number of carbonyl (C=O) groups excluding carboxylic acids is 1. The summed E-state index contributed by atoms with van der Waals surface area (Å²) in [5.41, 5.74) is 1.89. The molecule has 3 rings (SSSR count). The molecule has 0 bridgehead atoms. The molecule has 3 aromatic rings. The number of nitrogens with one attached hydrogen (secondary N) is 2. The molecule has 0 aliphatic heterocycles. The van der Waals surface area contributed by atoms with E-state index in [1.165, 1.54) is 10.7 Å². The fraction of sp³-hybridized carbons (Fsp3) is 0.346. The number of hydrogen-bond acceptors (Lipinski definition) is 6. The van der Waals surface area contributed by atoms with Gasteiger partial charge >= 0.3 is 0 Å². The smallest absolute Gasteiger partial charge is 0.243 e. The van der Waals surface area contributed by atoms with Crippen LogP contribution in [0, 0.1) is 22.6 Å². The minimum absolute atomic E-state index is 0.0938. The monoisotopic (exact) mass is 479 g/mol. The molecular weight excluding hydrogens is 449 g/mol. The second-order valence-corrected chi connectivity index (χ2v) is 9.45. The lowest BCUT2D eigenvalue weighted by molar-refractivity contribution is -0.125. The van der Waals surface area contributed by atoms with E-state index in [0.29, 0.717) is 27.9 Å². The average Bonchev–Trinajstić information content (AvgIpc) is 3.20. The van der Waals surface area contributed by atoms with Crippen LogP contribution in [0.25, 0.3) is 16.6 Å². The number of benzene rings is 2. The molecule has 8 nitrogen and oxygen atoms in total. The Labute approximate surface area is 203 Å². The minimum atomic E-state index is -1.06. The first-order chi connectivity index (χ1) is 16.5. The van der Waals surface area contributed by atoms with Crippen molar-refractivity contribution < 1.29 is 19.4 Å². The third-order valence-electron chi connectivity index (χ3n) is 5.59. The van der Waals surface area contributed by atoms with Gasteiger partial charge in [-0.25, -0.2) is 4.39 Å². The van der Waals surface area contributed by atoms with Crippen LogP contribution < -0.4 is 10.6 Å². The number of rotatable bonds is 9. The third kappa shape index (κ3) is 6.04. The van der Waals surface area contributed by atoms with E-state index in [1.54, 1.807) is 36.4 Å². The van der Waals surface area contributed by atoms with E-state index in [2.05, 4.69) is 28.4 Å². The van der Waals surface area contributed by atoms with Gasteiger partial charge in [-0.2, -0.15) is 10.4 Å². The van der Waals surface area contributed by atoms with Crippen molar-refractivity contribution in [2.45, 2.75) is 39.5 Å².